The summed E-state index contributed by atoms with van der Waals surface area (Å²) >= 11 is 0. The Morgan fingerprint density at radius 2 is 1.21 bits per heavy atom. The van der Waals surface area contributed by atoms with E-state index in [0.717, 1.165) is 51.4 Å². The number of rotatable bonds is 1. The van der Waals surface area contributed by atoms with Gasteiger partial charge in [-0.15, -0.1) is 0 Å². The highest BCUT2D eigenvalue weighted by molar-refractivity contribution is 5.02. The molecule has 0 radical (unpaired) electrons. The number of hydrogen-bond donors (Lipinski definition) is 1. The summed E-state index contributed by atoms with van der Waals surface area (Å²) in [6, 6.07) is 0. The third-order valence-electron chi connectivity index (χ3n) is 6.39. The van der Waals surface area contributed by atoms with Gasteiger partial charge in [0.25, 0.3) is 0 Å². The maximum atomic E-state index is 9.79. The molecule has 2 spiro atoms. The van der Waals surface area contributed by atoms with E-state index in [0.29, 0.717) is 0 Å². The number of hydrogen-bond acceptors (Lipinski definition) is 6. The normalized spacial score (nSPS) is 46.1. The molecule has 3 aliphatic heterocycles. The molecule has 5 rings (SSSR count). The van der Waals surface area contributed by atoms with E-state index in [1.807, 2.05) is 0 Å². The molecule has 2 saturated carbocycles. The van der Waals surface area contributed by atoms with Gasteiger partial charge in [0.1, 0.15) is 24.4 Å². The number of aliphatic hydroxyl groups is 1. The first-order valence-electron chi connectivity index (χ1n) is 9.70. The van der Waals surface area contributed by atoms with E-state index >= 15 is 0 Å². The minimum absolute atomic E-state index is 0.0831. The molecule has 6 heteroatoms. The molecule has 0 unspecified atom stereocenters. The molecular weight excluding hydrogens is 312 g/mol. The van der Waals surface area contributed by atoms with Crippen molar-refractivity contribution in [1.82, 2.24) is 0 Å². The first kappa shape index (κ1) is 16.0. The lowest BCUT2D eigenvalue weighted by Gasteiger charge is -2.36. The van der Waals surface area contributed by atoms with Crippen LogP contribution in [0.15, 0.2) is 0 Å². The lowest BCUT2D eigenvalue weighted by Crippen LogP contribution is -2.56. The molecule has 24 heavy (non-hydrogen) atoms. The first-order valence-corrected chi connectivity index (χ1v) is 9.70. The highest BCUT2D eigenvalue weighted by Gasteiger charge is 2.63. The van der Waals surface area contributed by atoms with Gasteiger partial charge in [-0.3, -0.25) is 0 Å². The second-order valence-electron chi connectivity index (χ2n) is 8.03. The predicted molar refractivity (Wildman–Crippen MR) is 83.1 cm³/mol. The van der Waals surface area contributed by atoms with Crippen molar-refractivity contribution in [2.24, 2.45) is 0 Å². The topological polar surface area (TPSA) is 66.4 Å². The Labute approximate surface area is 142 Å². The Bertz CT molecular complexity index is 470. The van der Waals surface area contributed by atoms with Gasteiger partial charge < -0.3 is 28.8 Å². The quantitative estimate of drug-likeness (QED) is 0.789. The standard InChI is InChI=1S/C18H28O6/c19-11-12-13-14(22-17(21-13)7-3-1-4-8-17)15-16(20-12)24-18(23-15)9-5-2-6-10-18/h12-16,19H,1-11H2/t12-,13+,14+,15+,16-/m0/s1. The zero-order valence-electron chi connectivity index (χ0n) is 14.2. The fraction of sp³-hybridized carbons (Fsp3) is 1.00. The van der Waals surface area contributed by atoms with Crippen molar-refractivity contribution >= 4 is 0 Å². The number of ether oxygens (including phenoxy) is 5. The lowest BCUT2D eigenvalue weighted by atomic mass is 9.94. The Hall–Kier alpha value is -0.240. The van der Waals surface area contributed by atoms with Crippen molar-refractivity contribution in [3.63, 3.8) is 0 Å². The molecular formula is C18H28O6. The van der Waals surface area contributed by atoms with Crippen molar-refractivity contribution in [3.8, 4) is 0 Å². The van der Waals surface area contributed by atoms with E-state index in [1.165, 1.54) is 12.8 Å². The lowest BCUT2D eigenvalue weighted by molar-refractivity contribution is -0.254. The van der Waals surface area contributed by atoms with Crippen LogP contribution in [-0.4, -0.2) is 54.0 Å². The van der Waals surface area contributed by atoms with E-state index in [1.54, 1.807) is 0 Å². The van der Waals surface area contributed by atoms with Crippen LogP contribution in [0.5, 0.6) is 0 Å². The summed E-state index contributed by atoms with van der Waals surface area (Å²) in [7, 11) is 0. The maximum absolute atomic E-state index is 9.79. The highest BCUT2D eigenvalue weighted by atomic mass is 16.9. The van der Waals surface area contributed by atoms with Crippen LogP contribution < -0.4 is 0 Å². The Morgan fingerprint density at radius 1 is 0.667 bits per heavy atom. The molecule has 3 saturated heterocycles. The Morgan fingerprint density at radius 3 is 1.83 bits per heavy atom. The number of aliphatic hydroxyl groups excluding tert-OH is 1. The monoisotopic (exact) mass is 340 g/mol. The molecule has 0 aromatic rings. The zero-order valence-corrected chi connectivity index (χ0v) is 14.2. The fourth-order valence-corrected chi connectivity index (χ4v) is 5.19. The van der Waals surface area contributed by atoms with Gasteiger partial charge in [0.05, 0.1) is 6.61 Å². The second kappa shape index (κ2) is 5.89. The van der Waals surface area contributed by atoms with Gasteiger partial charge in [0, 0.05) is 25.7 Å². The molecule has 0 bridgehead atoms. The summed E-state index contributed by atoms with van der Waals surface area (Å²) in [6.07, 6.45) is 9.04. The molecule has 5 atom stereocenters. The van der Waals surface area contributed by atoms with Crippen LogP contribution in [0, 0.1) is 0 Å². The predicted octanol–water partition coefficient (Wildman–Crippen LogP) is 2.22. The molecule has 6 nitrogen and oxygen atoms in total. The SMILES string of the molecule is OC[C@@H]1O[C@H]2OC3(CCCCC3)O[C@@H]2[C@@H]2OC3(CCCCC3)O[C@@H]21. The molecule has 5 aliphatic rings. The fourth-order valence-electron chi connectivity index (χ4n) is 5.19. The third kappa shape index (κ3) is 2.46. The van der Waals surface area contributed by atoms with Gasteiger partial charge in [-0.05, 0) is 25.7 Å². The first-order chi connectivity index (χ1) is 11.7. The van der Waals surface area contributed by atoms with E-state index in [2.05, 4.69) is 0 Å². The van der Waals surface area contributed by atoms with Crippen molar-refractivity contribution in [3.05, 3.63) is 0 Å². The Kier molecular flexibility index (Phi) is 3.92. The average molecular weight is 340 g/mol. The largest absolute Gasteiger partial charge is 0.394 e. The smallest absolute Gasteiger partial charge is 0.190 e. The van der Waals surface area contributed by atoms with E-state index in [-0.39, 0.29) is 24.9 Å². The molecule has 2 aliphatic carbocycles. The van der Waals surface area contributed by atoms with E-state index in [9.17, 15) is 5.11 Å². The minimum Gasteiger partial charge on any atom is -0.394 e. The average Bonchev–Trinajstić information content (AvgIpc) is 3.14. The molecule has 0 amide bonds. The molecule has 3 heterocycles. The molecule has 136 valence electrons. The summed E-state index contributed by atoms with van der Waals surface area (Å²) < 4.78 is 31.4. The highest BCUT2D eigenvalue weighted by Crippen LogP contribution is 2.50. The molecule has 5 fully saturated rings. The zero-order chi connectivity index (χ0) is 16.2. The summed E-state index contributed by atoms with van der Waals surface area (Å²) in [4.78, 5) is 0. The van der Waals surface area contributed by atoms with Crippen LogP contribution in [0.25, 0.3) is 0 Å². The summed E-state index contributed by atoms with van der Waals surface area (Å²) in [6.45, 7) is -0.0831. The third-order valence-corrected chi connectivity index (χ3v) is 6.39. The van der Waals surface area contributed by atoms with Gasteiger partial charge in [0.15, 0.2) is 17.9 Å². The van der Waals surface area contributed by atoms with E-state index < -0.39 is 24.0 Å². The number of fused-ring (bicyclic) bond motifs is 3. The summed E-state index contributed by atoms with van der Waals surface area (Å²) in [5.74, 6) is -1.03. The van der Waals surface area contributed by atoms with Gasteiger partial charge >= 0.3 is 0 Å². The van der Waals surface area contributed by atoms with Crippen LogP contribution >= 0.6 is 0 Å². The summed E-state index contributed by atoms with van der Waals surface area (Å²) in [5.41, 5.74) is 0. The maximum Gasteiger partial charge on any atom is 0.190 e. The molecule has 1 N–H and O–H groups in total. The second-order valence-corrected chi connectivity index (χ2v) is 8.03. The van der Waals surface area contributed by atoms with Gasteiger partial charge in [-0.2, -0.15) is 0 Å². The summed E-state index contributed by atoms with van der Waals surface area (Å²) in [5, 5.41) is 9.79. The van der Waals surface area contributed by atoms with Crippen LogP contribution in [-0.2, 0) is 23.7 Å². The van der Waals surface area contributed by atoms with Crippen molar-refractivity contribution < 1.29 is 28.8 Å². The molecule has 0 aromatic carbocycles. The van der Waals surface area contributed by atoms with Crippen LogP contribution in [0.1, 0.15) is 64.2 Å². The molecule has 0 aromatic heterocycles. The van der Waals surface area contributed by atoms with Crippen LogP contribution in [0.4, 0.5) is 0 Å². The van der Waals surface area contributed by atoms with Crippen LogP contribution in [0.2, 0.25) is 0 Å². The van der Waals surface area contributed by atoms with Gasteiger partial charge in [0.2, 0.25) is 0 Å². The van der Waals surface area contributed by atoms with E-state index in [4.69, 9.17) is 23.7 Å². The van der Waals surface area contributed by atoms with Crippen molar-refractivity contribution in [2.45, 2.75) is 106 Å². The van der Waals surface area contributed by atoms with Crippen LogP contribution in [0.3, 0.4) is 0 Å². The Balaban J connectivity index is 1.40. The van der Waals surface area contributed by atoms with Crippen molar-refractivity contribution in [1.29, 1.82) is 0 Å². The van der Waals surface area contributed by atoms with Gasteiger partial charge in [-0.25, -0.2) is 0 Å². The minimum atomic E-state index is -0.520. The van der Waals surface area contributed by atoms with Crippen molar-refractivity contribution in [2.75, 3.05) is 6.61 Å². The van der Waals surface area contributed by atoms with Gasteiger partial charge in [-0.1, -0.05) is 12.8 Å².